The molecule has 0 radical (unpaired) electrons. The van der Waals surface area contributed by atoms with E-state index in [1.807, 2.05) is 30.5 Å². The van der Waals surface area contributed by atoms with Gasteiger partial charge in [0, 0.05) is 23.4 Å². The van der Waals surface area contributed by atoms with Crippen molar-refractivity contribution >= 4 is 0 Å². The van der Waals surface area contributed by atoms with Crippen molar-refractivity contribution in [2.24, 2.45) is 5.92 Å². The minimum Gasteiger partial charge on any atom is -0.392 e. The lowest BCUT2D eigenvalue weighted by Crippen LogP contribution is -2.22. The molecular formula is C21H25NO2. The van der Waals surface area contributed by atoms with Crippen molar-refractivity contribution in [1.29, 1.82) is 0 Å². The summed E-state index contributed by atoms with van der Waals surface area (Å²) in [6.07, 6.45) is 6.71. The number of nitrogens with one attached hydrogen (secondary N) is 1. The lowest BCUT2D eigenvalue weighted by atomic mass is 9.87. The Morgan fingerprint density at radius 1 is 1.17 bits per heavy atom. The number of rotatable bonds is 4. The molecule has 0 spiro atoms. The Hall–Kier alpha value is -2.02. The number of aliphatic hydroxyl groups excluding tert-OH is 2. The molecule has 0 aliphatic heterocycles. The standard InChI is InChI=1S/C21H25NO2/c23-20-9-2-1-7-18(20)12-10-16-5-3-6-17(15-16)11-13-21(24)19-8-4-14-22-19/h3-6,8,14-15,18,20-24H,1-2,7,9,11,13H2. The van der Waals surface area contributed by atoms with E-state index in [0.717, 1.165) is 43.4 Å². The third-order valence-electron chi connectivity index (χ3n) is 4.75. The maximum absolute atomic E-state index is 10.2. The summed E-state index contributed by atoms with van der Waals surface area (Å²) in [6.45, 7) is 0. The summed E-state index contributed by atoms with van der Waals surface area (Å²) in [4.78, 5) is 3.05. The molecule has 1 aliphatic carbocycles. The number of benzene rings is 1. The lowest BCUT2D eigenvalue weighted by molar-refractivity contribution is 0.0970. The lowest BCUT2D eigenvalue weighted by Gasteiger charge is -2.22. The van der Waals surface area contributed by atoms with Gasteiger partial charge in [-0.15, -0.1) is 0 Å². The Morgan fingerprint density at radius 3 is 2.83 bits per heavy atom. The highest BCUT2D eigenvalue weighted by Crippen LogP contribution is 2.23. The summed E-state index contributed by atoms with van der Waals surface area (Å²) in [6, 6.07) is 12.0. The summed E-state index contributed by atoms with van der Waals surface area (Å²) >= 11 is 0. The van der Waals surface area contributed by atoms with Crippen LogP contribution in [0.1, 0.15) is 55.0 Å². The molecule has 2 aromatic rings. The molecule has 3 heteroatoms. The van der Waals surface area contributed by atoms with E-state index >= 15 is 0 Å². The van der Waals surface area contributed by atoms with Gasteiger partial charge in [-0.3, -0.25) is 0 Å². The van der Waals surface area contributed by atoms with Crippen LogP contribution in [0, 0.1) is 17.8 Å². The van der Waals surface area contributed by atoms with E-state index in [2.05, 4.69) is 29.0 Å². The van der Waals surface area contributed by atoms with E-state index in [1.54, 1.807) is 0 Å². The van der Waals surface area contributed by atoms with Crippen LogP contribution in [0.15, 0.2) is 42.6 Å². The van der Waals surface area contributed by atoms with Gasteiger partial charge in [0.15, 0.2) is 0 Å². The molecule has 3 unspecified atom stereocenters. The summed E-state index contributed by atoms with van der Waals surface area (Å²) in [5.74, 6) is 6.58. The summed E-state index contributed by atoms with van der Waals surface area (Å²) in [7, 11) is 0. The van der Waals surface area contributed by atoms with Crippen LogP contribution in [0.25, 0.3) is 0 Å². The zero-order valence-electron chi connectivity index (χ0n) is 13.9. The van der Waals surface area contributed by atoms with Crippen molar-refractivity contribution in [3.63, 3.8) is 0 Å². The maximum atomic E-state index is 10.2. The molecule has 1 aromatic carbocycles. The smallest absolute Gasteiger partial charge is 0.0940 e. The molecule has 1 aromatic heterocycles. The van der Waals surface area contributed by atoms with Gasteiger partial charge in [0.05, 0.1) is 12.2 Å². The van der Waals surface area contributed by atoms with Crippen LogP contribution in [-0.2, 0) is 6.42 Å². The zero-order chi connectivity index (χ0) is 16.8. The van der Waals surface area contributed by atoms with Crippen molar-refractivity contribution < 1.29 is 10.2 Å². The summed E-state index contributed by atoms with van der Waals surface area (Å²) in [5, 5.41) is 20.2. The first-order valence-electron chi connectivity index (χ1n) is 8.82. The highest BCUT2D eigenvalue weighted by Gasteiger charge is 2.20. The van der Waals surface area contributed by atoms with Gasteiger partial charge in [-0.05, 0) is 55.5 Å². The molecule has 24 heavy (non-hydrogen) atoms. The first kappa shape index (κ1) is 16.8. The van der Waals surface area contributed by atoms with Gasteiger partial charge < -0.3 is 15.2 Å². The first-order chi connectivity index (χ1) is 11.7. The SMILES string of the molecule is OC(CCc1cccc(C#CC2CCCCC2O)c1)c1ccc[nH]1. The average Bonchev–Trinajstić information content (AvgIpc) is 3.14. The number of aromatic nitrogens is 1. The number of hydrogen-bond donors (Lipinski definition) is 3. The van der Waals surface area contributed by atoms with E-state index in [-0.39, 0.29) is 12.0 Å². The Morgan fingerprint density at radius 2 is 2.04 bits per heavy atom. The monoisotopic (exact) mass is 323 g/mol. The molecule has 126 valence electrons. The molecule has 3 atom stereocenters. The fourth-order valence-electron chi connectivity index (χ4n) is 3.27. The molecule has 1 aliphatic rings. The molecule has 1 fully saturated rings. The fourth-order valence-corrected chi connectivity index (χ4v) is 3.27. The van der Waals surface area contributed by atoms with Gasteiger partial charge in [-0.25, -0.2) is 0 Å². The van der Waals surface area contributed by atoms with E-state index in [1.165, 1.54) is 5.56 Å². The Bertz CT molecular complexity index is 696. The molecule has 3 rings (SSSR count). The first-order valence-corrected chi connectivity index (χ1v) is 8.82. The summed E-state index contributed by atoms with van der Waals surface area (Å²) in [5.41, 5.74) is 3.02. The Labute approximate surface area is 143 Å². The van der Waals surface area contributed by atoms with Crippen molar-refractivity contribution in [1.82, 2.24) is 4.98 Å². The molecule has 3 nitrogen and oxygen atoms in total. The number of aromatic amines is 1. The van der Waals surface area contributed by atoms with Gasteiger partial charge in [-0.2, -0.15) is 0 Å². The maximum Gasteiger partial charge on any atom is 0.0940 e. The van der Waals surface area contributed by atoms with Crippen LogP contribution in [0.4, 0.5) is 0 Å². The van der Waals surface area contributed by atoms with Crippen molar-refractivity contribution in [2.45, 2.75) is 50.7 Å². The molecule has 0 bridgehead atoms. The second-order valence-corrected chi connectivity index (χ2v) is 6.61. The highest BCUT2D eigenvalue weighted by molar-refractivity contribution is 5.37. The van der Waals surface area contributed by atoms with Crippen LogP contribution in [0.5, 0.6) is 0 Å². The second-order valence-electron chi connectivity index (χ2n) is 6.61. The molecule has 0 saturated heterocycles. The predicted octanol–water partition coefficient (Wildman–Crippen LogP) is 3.58. The van der Waals surface area contributed by atoms with E-state index < -0.39 is 6.10 Å². The number of hydrogen-bond acceptors (Lipinski definition) is 2. The number of H-pyrrole nitrogens is 1. The molecule has 3 N–H and O–H groups in total. The van der Waals surface area contributed by atoms with Gasteiger partial charge in [0.25, 0.3) is 0 Å². The van der Waals surface area contributed by atoms with E-state index in [4.69, 9.17) is 0 Å². The number of aryl methyl sites for hydroxylation is 1. The van der Waals surface area contributed by atoms with Crippen molar-refractivity contribution in [2.75, 3.05) is 0 Å². The fraction of sp³-hybridized carbons (Fsp3) is 0.429. The molecule has 1 heterocycles. The zero-order valence-corrected chi connectivity index (χ0v) is 13.9. The molecule has 0 amide bonds. The van der Waals surface area contributed by atoms with Gasteiger partial charge >= 0.3 is 0 Å². The van der Waals surface area contributed by atoms with Crippen LogP contribution < -0.4 is 0 Å². The van der Waals surface area contributed by atoms with E-state index in [0.29, 0.717) is 6.42 Å². The van der Waals surface area contributed by atoms with Gasteiger partial charge in [0.1, 0.15) is 0 Å². The average molecular weight is 323 g/mol. The molecule has 1 saturated carbocycles. The van der Waals surface area contributed by atoms with Crippen LogP contribution in [0.3, 0.4) is 0 Å². The van der Waals surface area contributed by atoms with Crippen LogP contribution >= 0.6 is 0 Å². The van der Waals surface area contributed by atoms with Gasteiger partial charge in [0.2, 0.25) is 0 Å². The third-order valence-corrected chi connectivity index (χ3v) is 4.75. The molecular weight excluding hydrogens is 298 g/mol. The minimum atomic E-state index is -0.466. The normalized spacial score (nSPS) is 21.8. The van der Waals surface area contributed by atoms with Gasteiger partial charge in [-0.1, -0.05) is 36.8 Å². The van der Waals surface area contributed by atoms with Crippen molar-refractivity contribution in [3.8, 4) is 11.8 Å². The second kappa shape index (κ2) is 8.19. The minimum absolute atomic E-state index is 0.108. The van der Waals surface area contributed by atoms with Crippen LogP contribution in [-0.4, -0.2) is 21.3 Å². The highest BCUT2D eigenvalue weighted by atomic mass is 16.3. The number of aliphatic hydroxyl groups is 2. The quantitative estimate of drug-likeness (QED) is 0.753. The largest absolute Gasteiger partial charge is 0.392 e. The van der Waals surface area contributed by atoms with Crippen LogP contribution in [0.2, 0.25) is 0 Å². The van der Waals surface area contributed by atoms with Crippen molar-refractivity contribution in [3.05, 3.63) is 59.4 Å². The predicted molar refractivity (Wildman–Crippen MR) is 95.4 cm³/mol. The third kappa shape index (κ3) is 4.50. The Kier molecular flexibility index (Phi) is 5.74. The van der Waals surface area contributed by atoms with E-state index in [9.17, 15) is 10.2 Å². The Balaban J connectivity index is 1.60. The summed E-state index contributed by atoms with van der Waals surface area (Å²) < 4.78 is 0. The topological polar surface area (TPSA) is 56.2 Å².